The molecule has 152 valence electrons. The normalized spacial score (nSPS) is 11.0. The van der Waals surface area contributed by atoms with Gasteiger partial charge in [0.2, 0.25) is 17.2 Å². The van der Waals surface area contributed by atoms with E-state index in [4.69, 9.17) is 11.6 Å². The number of aromatic hydroxyl groups is 2. The molecule has 0 aliphatic carbocycles. The van der Waals surface area contributed by atoms with Crippen LogP contribution in [0.15, 0.2) is 72.8 Å². The maximum atomic E-state index is 10.1. The van der Waals surface area contributed by atoms with Crippen molar-refractivity contribution in [1.29, 1.82) is 0 Å². The lowest BCUT2D eigenvalue weighted by Gasteiger charge is -2.12. The summed E-state index contributed by atoms with van der Waals surface area (Å²) in [5, 5.41) is 29.6. The van der Waals surface area contributed by atoms with Gasteiger partial charge in [0.1, 0.15) is 11.5 Å². The molecule has 7 nitrogen and oxygen atoms in total. The number of phenolic OH excluding ortho intramolecular Hbond substituents is 2. The van der Waals surface area contributed by atoms with Gasteiger partial charge in [0.15, 0.2) is 0 Å². The number of nitrogens with one attached hydrogen (secondary N) is 2. The van der Waals surface area contributed by atoms with E-state index >= 15 is 0 Å². The number of hydrogen-bond acceptors (Lipinski definition) is 7. The van der Waals surface area contributed by atoms with Crippen molar-refractivity contribution in [3.8, 4) is 11.5 Å². The Balaban J connectivity index is 1.51. The quantitative estimate of drug-likeness (QED) is 0.289. The molecule has 0 fully saturated rings. The first kappa shape index (κ1) is 18.9. The average molecular weight is 430 g/mol. The van der Waals surface area contributed by atoms with Gasteiger partial charge in [-0.15, -0.1) is 0 Å². The van der Waals surface area contributed by atoms with E-state index in [0.29, 0.717) is 10.8 Å². The Morgan fingerprint density at radius 2 is 0.968 bits per heavy atom. The lowest BCUT2D eigenvalue weighted by atomic mass is 10.1. The fourth-order valence-corrected chi connectivity index (χ4v) is 3.67. The fourth-order valence-electron chi connectivity index (χ4n) is 3.51. The van der Waals surface area contributed by atoms with E-state index in [9.17, 15) is 10.2 Å². The summed E-state index contributed by atoms with van der Waals surface area (Å²) in [5.74, 6) is 0.885. The molecule has 4 aromatic carbocycles. The number of phenols is 2. The smallest absolute Gasteiger partial charge is 0.233 e. The zero-order valence-corrected chi connectivity index (χ0v) is 16.8. The van der Waals surface area contributed by atoms with Crippen LogP contribution in [-0.4, -0.2) is 25.2 Å². The molecule has 1 aromatic heterocycles. The number of rotatable bonds is 4. The molecular formula is C23H16ClN5O2. The van der Waals surface area contributed by atoms with E-state index in [-0.39, 0.29) is 28.7 Å². The van der Waals surface area contributed by atoms with E-state index in [1.165, 1.54) is 0 Å². The van der Waals surface area contributed by atoms with Crippen molar-refractivity contribution in [3.63, 3.8) is 0 Å². The molecule has 0 radical (unpaired) electrons. The van der Waals surface area contributed by atoms with Crippen molar-refractivity contribution < 1.29 is 10.2 Å². The summed E-state index contributed by atoms with van der Waals surface area (Å²) < 4.78 is 0. The third-order valence-corrected chi connectivity index (χ3v) is 5.07. The second-order valence-corrected chi connectivity index (χ2v) is 7.20. The Morgan fingerprint density at radius 1 is 0.548 bits per heavy atom. The summed E-state index contributed by atoms with van der Waals surface area (Å²) in [7, 11) is 0. The standard InChI is InChI=1S/C23H16ClN5O2/c24-21-27-22(25-17-9-1-7-15-13(17)5-3-11-19(15)30)29-23(28-21)26-18-10-2-8-16-14(18)6-4-12-20(16)31/h1-12,30-31H,(H2,25,26,27,28,29). The molecule has 0 aliphatic heterocycles. The maximum Gasteiger partial charge on any atom is 0.233 e. The molecule has 0 saturated carbocycles. The minimum absolute atomic E-state index is 0.0196. The lowest BCUT2D eigenvalue weighted by Crippen LogP contribution is -2.04. The molecule has 5 aromatic rings. The van der Waals surface area contributed by atoms with E-state index in [2.05, 4.69) is 25.6 Å². The molecule has 0 spiro atoms. The molecule has 1 heterocycles. The number of nitrogens with zero attached hydrogens (tertiary/aromatic N) is 3. The summed E-state index contributed by atoms with van der Waals surface area (Å²) in [4.78, 5) is 12.8. The molecule has 0 aliphatic rings. The highest BCUT2D eigenvalue weighted by molar-refractivity contribution is 6.28. The average Bonchev–Trinajstić information content (AvgIpc) is 2.75. The highest BCUT2D eigenvalue weighted by Crippen LogP contribution is 2.33. The number of benzene rings is 4. The van der Waals surface area contributed by atoms with Crippen molar-refractivity contribution >= 4 is 56.4 Å². The van der Waals surface area contributed by atoms with Crippen LogP contribution in [0.1, 0.15) is 0 Å². The summed E-state index contributed by atoms with van der Waals surface area (Å²) in [6.07, 6.45) is 0. The Hall–Kier alpha value is -4.10. The number of halogens is 1. The predicted molar refractivity (Wildman–Crippen MR) is 123 cm³/mol. The van der Waals surface area contributed by atoms with Gasteiger partial charge in [-0.3, -0.25) is 0 Å². The third-order valence-electron chi connectivity index (χ3n) is 4.90. The molecule has 0 unspecified atom stereocenters. The van der Waals surface area contributed by atoms with Gasteiger partial charge in [-0.1, -0.05) is 48.5 Å². The van der Waals surface area contributed by atoms with Crippen LogP contribution in [0.3, 0.4) is 0 Å². The second kappa shape index (κ2) is 7.62. The lowest BCUT2D eigenvalue weighted by molar-refractivity contribution is 0.481. The molecule has 0 bridgehead atoms. The van der Waals surface area contributed by atoms with Crippen LogP contribution < -0.4 is 10.6 Å². The van der Waals surface area contributed by atoms with Gasteiger partial charge in [0.05, 0.1) is 0 Å². The summed E-state index contributed by atoms with van der Waals surface area (Å²) >= 11 is 6.15. The Morgan fingerprint density at radius 3 is 1.45 bits per heavy atom. The summed E-state index contributed by atoms with van der Waals surface area (Å²) in [5.41, 5.74) is 1.44. The largest absolute Gasteiger partial charge is 0.507 e. The minimum Gasteiger partial charge on any atom is -0.507 e. The number of hydrogen-bond donors (Lipinski definition) is 4. The maximum absolute atomic E-state index is 10.1. The third kappa shape index (κ3) is 3.62. The first-order chi connectivity index (χ1) is 15.1. The van der Waals surface area contributed by atoms with Crippen molar-refractivity contribution in [1.82, 2.24) is 15.0 Å². The fraction of sp³-hybridized carbons (Fsp3) is 0. The summed E-state index contributed by atoms with van der Waals surface area (Å²) in [6.45, 7) is 0. The van der Waals surface area contributed by atoms with Crippen molar-refractivity contribution in [2.75, 3.05) is 10.6 Å². The molecule has 31 heavy (non-hydrogen) atoms. The predicted octanol–water partition coefficient (Wildman–Crippen LogP) is 5.73. The second-order valence-electron chi connectivity index (χ2n) is 6.86. The van der Waals surface area contributed by atoms with Crippen molar-refractivity contribution in [2.45, 2.75) is 0 Å². The van der Waals surface area contributed by atoms with Crippen LogP contribution >= 0.6 is 11.6 Å². The molecule has 0 atom stereocenters. The van der Waals surface area contributed by atoms with Crippen LogP contribution in [0.5, 0.6) is 11.5 Å². The molecular weight excluding hydrogens is 414 g/mol. The molecule has 5 rings (SSSR count). The first-order valence-electron chi connectivity index (χ1n) is 9.45. The number of fused-ring (bicyclic) bond motifs is 2. The summed E-state index contributed by atoms with van der Waals surface area (Å²) in [6, 6.07) is 21.6. The van der Waals surface area contributed by atoms with Gasteiger partial charge in [0, 0.05) is 32.9 Å². The van der Waals surface area contributed by atoms with Gasteiger partial charge in [0.25, 0.3) is 0 Å². The SMILES string of the molecule is Oc1cccc2c(Nc3nc(Cl)nc(Nc4cccc5c(O)cccc45)n3)cccc12. The van der Waals surface area contributed by atoms with Gasteiger partial charge in [-0.05, 0) is 35.9 Å². The van der Waals surface area contributed by atoms with E-state index in [0.717, 1.165) is 22.1 Å². The molecule has 4 N–H and O–H groups in total. The van der Waals surface area contributed by atoms with Crippen LogP contribution in [0.25, 0.3) is 21.5 Å². The molecule has 0 amide bonds. The van der Waals surface area contributed by atoms with Crippen molar-refractivity contribution in [3.05, 3.63) is 78.1 Å². The van der Waals surface area contributed by atoms with E-state index < -0.39 is 0 Å². The number of aromatic nitrogens is 3. The zero-order chi connectivity index (χ0) is 21.4. The van der Waals surface area contributed by atoms with Gasteiger partial charge in [-0.2, -0.15) is 15.0 Å². The molecule has 0 saturated heterocycles. The van der Waals surface area contributed by atoms with Gasteiger partial charge < -0.3 is 20.8 Å². The van der Waals surface area contributed by atoms with Crippen LogP contribution in [0, 0.1) is 0 Å². The molecule has 8 heteroatoms. The van der Waals surface area contributed by atoms with Gasteiger partial charge >= 0.3 is 0 Å². The highest BCUT2D eigenvalue weighted by atomic mass is 35.5. The van der Waals surface area contributed by atoms with Crippen LogP contribution in [-0.2, 0) is 0 Å². The van der Waals surface area contributed by atoms with Crippen LogP contribution in [0.2, 0.25) is 5.28 Å². The van der Waals surface area contributed by atoms with E-state index in [1.54, 1.807) is 24.3 Å². The Kier molecular flexibility index (Phi) is 4.65. The Bertz CT molecular complexity index is 1340. The highest BCUT2D eigenvalue weighted by Gasteiger charge is 2.11. The minimum atomic E-state index is 0.0196. The van der Waals surface area contributed by atoms with Gasteiger partial charge in [-0.25, -0.2) is 0 Å². The van der Waals surface area contributed by atoms with Crippen LogP contribution in [0.4, 0.5) is 23.3 Å². The topological polar surface area (TPSA) is 103 Å². The first-order valence-corrected chi connectivity index (χ1v) is 9.83. The monoisotopic (exact) mass is 429 g/mol. The Labute approximate surface area is 182 Å². The zero-order valence-electron chi connectivity index (χ0n) is 16.0. The number of anilines is 4. The van der Waals surface area contributed by atoms with E-state index in [1.807, 2.05) is 48.5 Å². The van der Waals surface area contributed by atoms with Crippen molar-refractivity contribution in [2.24, 2.45) is 0 Å².